The molecule has 1 unspecified atom stereocenters. The Balaban J connectivity index is 1.88. The van der Waals surface area contributed by atoms with Crippen LogP contribution in [0.1, 0.15) is 35.0 Å². The zero-order chi connectivity index (χ0) is 22.2. The van der Waals surface area contributed by atoms with Gasteiger partial charge < -0.3 is 10.6 Å². The summed E-state index contributed by atoms with van der Waals surface area (Å²) in [6.07, 6.45) is -1.62. The normalized spacial score (nSPS) is 17.3. The number of aromatic nitrogens is 3. The van der Waals surface area contributed by atoms with E-state index in [9.17, 15) is 22.4 Å². The lowest BCUT2D eigenvalue weighted by molar-refractivity contribution is -0.141. The largest absolute Gasteiger partial charge is 0.433 e. The van der Waals surface area contributed by atoms with Crippen molar-refractivity contribution in [3.63, 3.8) is 0 Å². The van der Waals surface area contributed by atoms with Crippen LogP contribution in [0.5, 0.6) is 0 Å². The molecule has 0 bridgehead atoms. The molecule has 160 valence electrons. The van der Waals surface area contributed by atoms with E-state index in [2.05, 4.69) is 15.0 Å². The van der Waals surface area contributed by atoms with Crippen LogP contribution in [0.4, 0.5) is 23.5 Å². The molecular formula is C18H19F4N7O. The van der Waals surface area contributed by atoms with Crippen molar-refractivity contribution in [1.82, 2.24) is 19.9 Å². The van der Waals surface area contributed by atoms with Crippen LogP contribution in [-0.4, -0.2) is 38.3 Å². The first-order chi connectivity index (χ1) is 14.0. The average molecular weight is 425 g/mol. The molecule has 4 N–H and O–H groups in total. The Morgan fingerprint density at radius 1 is 1.27 bits per heavy atom. The van der Waals surface area contributed by atoms with Crippen LogP contribution < -0.4 is 16.6 Å². The molecule has 0 saturated heterocycles. The van der Waals surface area contributed by atoms with Gasteiger partial charge in [-0.25, -0.2) is 25.2 Å². The Hall–Kier alpha value is -3.28. The maximum atomic E-state index is 13.1. The Bertz CT molecular complexity index is 991. The molecule has 0 aliphatic carbocycles. The van der Waals surface area contributed by atoms with Gasteiger partial charge in [0.25, 0.3) is 5.91 Å². The van der Waals surface area contributed by atoms with Crippen LogP contribution in [0.15, 0.2) is 36.1 Å². The third-order valence-corrected chi connectivity index (χ3v) is 4.81. The van der Waals surface area contributed by atoms with E-state index in [1.165, 1.54) is 17.9 Å². The van der Waals surface area contributed by atoms with Gasteiger partial charge in [-0.1, -0.05) is 0 Å². The Kier molecular flexibility index (Phi) is 5.61. The summed E-state index contributed by atoms with van der Waals surface area (Å²) < 4.78 is 52.4. The summed E-state index contributed by atoms with van der Waals surface area (Å²) in [5.41, 5.74) is 5.28. The van der Waals surface area contributed by atoms with Gasteiger partial charge in [0.2, 0.25) is 5.95 Å². The molecule has 1 atom stereocenters. The van der Waals surface area contributed by atoms with Crippen molar-refractivity contribution in [2.45, 2.75) is 32.5 Å². The van der Waals surface area contributed by atoms with E-state index < -0.39 is 29.6 Å². The lowest BCUT2D eigenvalue weighted by atomic mass is 10.0. The Labute approximate surface area is 169 Å². The van der Waals surface area contributed by atoms with E-state index in [-0.39, 0.29) is 35.7 Å². The minimum atomic E-state index is -4.67. The van der Waals surface area contributed by atoms with Gasteiger partial charge >= 0.3 is 6.18 Å². The molecule has 1 aliphatic heterocycles. The summed E-state index contributed by atoms with van der Waals surface area (Å²) in [6.45, 7) is 2.86. The number of nitrogens with two attached hydrogens (primary N) is 2. The van der Waals surface area contributed by atoms with Crippen molar-refractivity contribution >= 4 is 11.9 Å². The summed E-state index contributed by atoms with van der Waals surface area (Å²) in [5, 5.41) is 1.10. The molecule has 30 heavy (non-hydrogen) atoms. The van der Waals surface area contributed by atoms with Gasteiger partial charge in [-0.05, 0) is 25.5 Å². The Morgan fingerprint density at radius 2 is 1.90 bits per heavy atom. The molecule has 8 nitrogen and oxygen atoms in total. The van der Waals surface area contributed by atoms with E-state index in [1.54, 1.807) is 6.92 Å². The number of carbonyl (C=O) groups excluding carboxylic acids is 1. The fraction of sp³-hybridized carbons (Fsp3) is 0.333. The molecule has 2 aromatic heterocycles. The number of carbonyl (C=O) groups is 1. The first-order valence-corrected chi connectivity index (χ1v) is 8.84. The number of nitrogens with zero attached hydrogens (tertiary/aromatic N) is 5. The molecular weight excluding hydrogens is 406 g/mol. The molecule has 3 rings (SSSR count). The fourth-order valence-corrected chi connectivity index (χ4v) is 3.24. The summed E-state index contributed by atoms with van der Waals surface area (Å²) >= 11 is 0. The lowest BCUT2D eigenvalue weighted by Crippen LogP contribution is -2.48. The Morgan fingerprint density at radius 3 is 2.50 bits per heavy atom. The summed E-state index contributed by atoms with van der Waals surface area (Å²) in [4.78, 5) is 25.3. The highest BCUT2D eigenvalue weighted by atomic mass is 19.4. The van der Waals surface area contributed by atoms with E-state index in [1.807, 2.05) is 0 Å². The van der Waals surface area contributed by atoms with Crippen molar-refractivity contribution in [2.75, 3.05) is 11.6 Å². The highest BCUT2D eigenvalue weighted by molar-refractivity contribution is 5.96. The van der Waals surface area contributed by atoms with Gasteiger partial charge in [0, 0.05) is 29.9 Å². The van der Waals surface area contributed by atoms with Crippen LogP contribution in [-0.2, 0) is 6.18 Å². The molecule has 0 aromatic carbocycles. The molecule has 2 aromatic rings. The number of amides is 1. The third-order valence-electron chi connectivity index (χ3n) is 4.81. The molecule has 1 aliphatic rings. The molecule has 1 amide bonds. The van der Waals surface area contributed by atoms with E-state index in [0.717, 1.165) is 23.6 Å². The van der Waals surface area contributed by atoms with Crippen molar-refractivity contribution in [3.8, 4) is 0 Å². The summed E-state index contributed by atoms with van der Waals surface area (Å²) in [6, 6.07) is 0.810. The molecule has 0 saturated carbocycles. The fourth-order valence-electron chi connectivity index (χ4n) is 3.24. The van der Waals surface area contributed by atoms with E-state index >= 15 is 0 Å². The predicted molar refractivity (Wildman–Crippen MR) is 99.0 cm³/mol. The van der Waals surface area contributed by atoms with Crippen molar-refractivity contribution in [2.24, 2.45) is 11.6 Å². The zero-order valence-electron chi connectivity index (χ0n) is 16.1. The number of anilines is 1. The molecule has 12 heteroatoms. The van der Waals surface area contributed by atoms with Gasteiger partial charge in [0.1, 0.15) is 5.69 Å². The number of rotatable bonds is 3. The summed E-state index contributed by atoms with van der Waals surface area (Å²) in [7, 11) is 0. The first kappa shape index (κ1) is 21.4. The van der Waals surface area contributed by atoms with Crippen LogP contribution in [0.25, 0.3) is 0 Å². The van der Waals surface area contributed by atoms with Gasteiger partial charge in [-0.15, -0.1) is 0 Å². The van der Waals surface area contributed by atoms with Gasteiger partial charge in [0.05, 0.1) is 24.6 Å². The first-order valence-electron chi connectivity index (χ1n) is 8.84. The second-order valence-corrected chi connectivity index (χ2v) is 6.86. The maximum absolute atomic E-state index is 13.1. The monoisotopic (exact) mass is 425 g/mol. The van der Waals surface area contributed by atoms with E-state index in [4.69, 9.17) is 11.6 Å². The van der Waals surface area contributed by atoms with E-state index in [0.29, 0.717) is 5.70 Å². The second kappa shape index (κ2) is 7.86. The SMILES string of the molecule is Cc1c(C(=O)N2CC(N)=C(N(N)c3ncc(F)cn3)CC2C)ccnc1C(F)(F)F. The second-order valence-electron chi connectivity index (χ2n) is 6.86. The lowest BCUT2D eigenvalue weighted by Gasteiger charge is -2.37. The number of alkyl halides is 3. The van der Waals surface area contributed by atoms with Crippen molar-refractivity contribution in [1.29, 1.82) is 0 Å². The van der Waals surface area contributed by atoms with Crippen molar-refractivity contribution in [3.05, 3.63) is 58.7 Å². The van der Waals surface area contributed by atoms with Gasteiger partial charge in [-0.3, -0.25) is 9.78 Å². The number of halogens is 4. The number of pyridine rings is 1. The third kappa shape index (κ3) is 4.03. The zero-order valence-corrected chi connectivity index (χ0v) is 16.1. The number of hydrogen-bond acceptors (Lipinski definition) is 7. The standard InChI is InChI=1S/C18H19F4N7O/c1-9-5-14(29(24)17-26-6-11(19)7-27-17)13(23)8-28(9)16(30)12-3-4-25-15(10(12)2)18(20,21)22/h3-4,6-7,9H,5,8,23-24H2,1-2H3. The van der Waals surface area contributed by atoms with Crippen LogP contribution in [0.2, 0.25) is 0 Å². The highest BCUT2D eigenvalue weighted by Crippen LogP contribution is 2.32. The minimum Gasteiger partial charge on any atom is -0.399 e. The summed E-state index contributed by atoms with van der Waals surface area (Å²) in [5.74, 6) is 4.79. The highest BCUT2D eigenvalue weighted by Gasteiger charge is 2.37. The van der Waals surface area contributed by atoms with Crippen LogP contribution in [0.3, 0.4) is 0 Å². The quantitative estimate of drug-likeness (QED) is 0.440. The van der Waals surface area contributed by atoms with Gasteiger partial charge in [0.15, 0.2) is 5.82 Å². The number of hydrazine groups is 1. The predicted octanol–water partition coefficient (Wildman–Crippen LogP) is 2.12. The molecule has 0 fully saturated rings. The maximum Gasteiger partial charge on any atom is 0.433 e. The topological polar surface area (TPSA) is 114 Å². The van der Waals surface area contributed by atoms with Crippen LogP contribution >= 0.6 is 0 Å². The number of hydrogen-bond donors (Lipinski definition) is 2. The minimum absolute atomic E-state index is 0.0149. The van der Waals surface area contributed by atoms with Crippen LogP contribution in [0, 0.1) is 12.7 Å². The smallest absolute Gasteiger partial charge is 0.399 e. The van der Waals surface area contributed by atoms with Gasteiger partial charge in [-0.2, -0.15) is 13.2 Å². The molecule has 0 spiro atoms. The van der Waals surface area contributed by atoms with Crippen molar-refractivity contribution < 1.29 is 22.4 Å². The molecule has 3 heterocycles. The molecule has 0 radical (unpaired) electrons. The average Bonchev–Trinajstić information content (AvgIpc) is 2.68.